The standard InChI is InChI=1S/C22H22N2OS2/c1-5-6-14-7-9-18-16(11-14)17-12-15(8-10-19(17)26-18)22(4)13-27(25)21(2,3)20(23)24-22/h7-12H,13H2,1-4H3,(H2,23,24)/t22-,27?/m0/s1. The van der Waals surface area contributed by atoms with Crippen LogP contribution in [0.4, 0.5) is 0 Å². The molecular weight excluding hydrogens is 372 g/mol. The van der Waals surface area contributed by atoms with Crippen molar-refractivity contribution in [2.24, 2.45) is 0 Å². The topological polar surface area (TPSA) is 58.9 Å². The summed E-state index contributed by atoms with van der Waals surface area (Å²) < 4.78 is 14.6. The third-order valence-corrected chi connectivity index (χ3v) is 8.70. The fourth-order valence-corrected chi connectivity index (χ4v) is 5.99. The summed E-state index contributed by atoms with van der Waals surface area (Å²) in [7, 11) is 0. The van der Waals surface area contributed by atoms with Gasteiger partial charge in [0.05, 0.1) is 0 Å². The summed E-state index contributed by atoms with van der Waals surface area (Å²) >= 11 is 0.662. The van der Waals surface area contributed by atoms with E-state index in [4.69, 9.17) is 5.41 Å². The molecule has 0 saturated carbocycles. The Kier molecular flexibility index (Phi) is 4.27. The predicted molar refractivity (Wildman–Crippen MR) is 117 cm³/mol. The molecule has 0 aliphatic carbocycles. The average Bonchev–Trinajstić information content (AvgIpc) is 2.98. The second-order valence-electron chi connectivity index (χ2n) is 7.73. The van der Waals surface area contributed by atoms with Crippen molar-refractivity contribution in [2.45, 2.75) is 38.0 Å². The van der Waals surface area contributed by atoms with Crippen LogP contribution < -0.4 is 5.32 Å². The molecule has 2 N–H and O–H groups in total. The van der Waals surface area contributed by atoms with Gasteiger partial charge in [-0.2, -0.15) is 0 Å². The molecule has 2 atom stereocenters. The lowest BCUT2D eigenvalue weighted by Gasteiger charge is -2.44. The largest absolute Gasteiger partial charge is 0.616 e. The Bertz CT molecular complexity index is 1140. The Hall–Kier alpha value is -2.00. The third-order valence-electron chi connectivity index (χ3n) is 5.37. The maximum atomic E-state index is 12.8. The lowest BCUT2D eigenvalue weighted by molar-refractivity contribution is 0.443. The van der Waals surface area contributed by atoms with E-state index in [1.165, 1.54) is 20.2 Å². The Morgan fingerprint density at radius 3 is 2.44 bits per heavy atom. The summed E-state index contributed by atoms with van der Waals surface area (Å²) in [6.07, 6.45) is 0. The van der Waals surface area contributed by atoms with Gasteiger partial charge in [0.2, 0.25) is 0 Å². The molecule has 1 unspecified atom stereocenters. The number of amidine groups is 1. The maximum Gasteiger partial charge on any atom is 0.176 e. The Morgan fingerprint density at radius 1 is 1.11 bits per heavy atom. The second kappa shape index (κ2) is 6.27. The van der Waals surface area contributed by atoms with Gasteiger partial charge in [0.15, 0.2) is 10.6 Å². The van der Waals surface area contributed by atoms with E-state index in [0.717, 1.165) is 11.1 Å². The lowest BCUT2D eigenvalue weighted by Crippen LogP contribution is -2.63. The quantitative estimate of drug-likeness (QED) is 0.462. The highest BCUT2D eigenvalue weighted by atomic mass is 32.2. The highest BCUT2D eigenvalue weighted by Gasteiger charge is 2.49. The number of benzene rings is 2. The molecule has 1 aromatic heterocycles. The van der Waals surface area contributed by atoms with Crippen molar-refractivity contribution in [3.8, 4) is 11.8 Å². The van der Waals surface area contributed by atoms with Gasteiger partial charge in [-0.25, -0.2) is 0 Å². The van der Waals surface area contributed by atoms with Crippen LogP contribution in [0.15, 0.2) is 36.4 Å². The molecule has 1 fully saturated rings. The molecule has 0 spiro atoms. The van der Waals surface area contributed by atoms with Crippen molar-refractivity contribution in [1.82, 2.24) is 5.32 Å². The zero-order valence-electron chi connectivity index (χ0n) is 15.9. The molecule has 5 heteroatoms. The molecule has 2 aromatic carbocycles. The van der Waals surface area contributed by atoms with Crippen molar-refractivity contribution in [1.29, 1.82) is 5.41 Å². The monoisotopic (exact) mass is 394 g/mol. The van der Waals surface area contributed by atoms with Crippen LogP contribution in [0.3, 0.4) is 0 Å². The van der Waals surface area contributed by atoms with Crippen molar-refractivity contribution in [3.63, 3.8) is 0 Å². The van der Waals surface area contributed by atoms with Crippen molar-refractivity contribution in [3.05, 3.63) is 47.5 Å². The normalized spacial score (nSPS) is 24.5. The van der Waals surface area contributed by atoms with Gasteiger partial charge >= 0.3 is 0 Å². The zero-order valence-corrected chi connectivity index (χ0v) is 17.5. The first-order valence-corrected chi connectivity index (χ1v) is 11.0. The highest BCUT2D eigenvalue weighted by molar-refractivity contribution is 7.93. The van der Waals surface area contributed by atoms with Crippen LogP contribution in [0.1, 0.15) is 38.8 Å². The van der Waals surface area contributed by atoms with Crippen LogP contribution in [-0.2, 0) is 16.7 Å². The molecular formula is C22H22N2OS2. The average molecular weight is 395 g/mol. The van der Waals surface area contributed by atoms with Gasteiger partial charge in [-0.05, 0) is 74.8 Å². The molecule has 27 heavy (non-hydrogen) atoms. The lowest BCUT2D eigenvalue weighted by atomic mass is 9.91. The van der Waals surface area contributed by atoms with Gasteiger partial charge in [0.1, 0.15) is 11.3 Å². The van der Waals surface area contributed by atoms with E-state index >= 15 is 0 Å². The Morgan fingerprint density at radius 2 is 1.78 bits per heavy atom. The van der Waals surface area contributed by atoms with Gasteiger partial charge in [0.25, 0.3) is 0 Å². The second-order valence-corrected chi connectivity index (χ2v) is 10.8. The van der Waals surface area contributed by atoms with Gasteiger partial charge < -0.3 is 9.87 Å². The molecule has 0 radical (unpaired) electrons. The summed E-state index contributed by atoms with van der Waals surface area (Å²) in [6, 6.07) is 12.8. The molecule has 4 rings (SSSR count). The van der Waals surface area contributed by atoms with E-state index in [1.807, 2.05) is 27.7 Å². The van der Waals surface area contributed by atoms with E-state index in [1.54, 1.807) is 11.3 Å². The summed E-state index contributed by atoms with van der Waals surface area (Å²) in [5, 5.41) is 14.1. The van der Waals surface area contributed by atoms with Crippen molar-refractivity contribution < 1.29 is 4.55 Å². The molecule has 0 bridgehead atoms. The molecule has 3 nitrogen and oxygen atoms in total. The third kappa shape index (κ3) is 2.93. The van der Waals surface area contributed by atoms with Gasteiger partial charge in [-0.15, -0.1) is 17.3 Å². The Balaban J connectivity index is 1.85. The van der Waals surface area contributed by atoms with E-state index in [9.17, 15) is 4.55 Å². The van der Waals surface area contributed by atoms with Crippen LogP contribution in [0, 0.1) is 17.3 Å². The summed E-state index contributed by atoms with van der Waals surface area (Å²) in [5.74, 6) is 6.92. The predicted octanol–water partition coefficient (Wildman–Crippen LogP) is 4.75. The van der Waals surface area contributed by atoms with Crippen LogP contribution >= 0.6 is 11.3 Å². The summed E-state index contributed by atoms with van der Waals surface area (Å²) in [4.78, 5) is 0. The molecule has 2 heterocycles. The number of hydrogen-bond acceptors (Lipinski definition) is 3. The van der Waals surface area contributed by atoms with Crippen LogP contribution in [0.2, 0.25) is 0 Å². The van der Waals surface area contributed by atoms with Gasteiger partial charge in [-0.3, -0.25) is 5.41 Å². The molecule has 1 saturated heterocycles. The molecule has 138 valence electrons. The smallest absolute Gasteiger partial charge is 0.176 e. The van der Waals surface area contributed by atoms with E-state index in [2.05, 4.69) is 53.6 Å². The molecule has 1 aliphatic rings. The number of nitrogens with one attached hydrogen (secondary N) is 2. The van der Waals surface area contributed by atoms with Crippen molar-refractivity contribution in [2.75, 3.05) is 5.75 Å². The summed E-state index contributed by atoms with van der Waals surface area (Å²) in [6.45, 7) is 7.62. The number of rotatable bonds is 1. The zero-order chi connectivity index (χ0) is 19.4. The van der Waals surface area contributed by atoms with Crippen LogP contribution in [0.5, 0.6) is 0 Å². The fourth-order valence-electron chi connectivity index (χ4n) is 3.52. The fraction of sp³-hybridized carbons (Fsp3) is 0.318. The van der Waals surface area contributed by atoms with E-state index in [-0.39, 0.29) is 0 Å². The minimum atomic E-state index is -1.11. The maximum absolute atomic E-state index is 12.8. The SMILES string of the molecule is CC#Cc1ccc2sc3ccc([C@]4(C)C[S+]([O-])C(C)(C)C(=N)N4)cc3c2c1. The Labute approximate surface area is 166 Å². The van der Waals surface area contributed by atoms with Crippen LogP contribution in [0.25, 0.3) is 20.2 Å². The first kappa shape index (κ1) is 18.4. The van der Waals surface area contributed by atoms with E-state index < -0.39 is 21.5 Å². The molecule has 1 aliphatic heterocycles. The number of thiophene rings is 1. The molecule has 3 aromatic rings. The van der Waals surface area contributed by atoms with Gasteiger partial charge in [0, 0.05) is 25.7 Å². The van der Waals surface area contributed by atoms with Crippen LogP contribution in [-0.4, -0.2) is 20.9 Å². The molecule has 0 amide bonds. The number of fused-ring (bicyclic) bond motifs is 3. The first-order chi connectivity index (χ1) is 12.7. The van der Waals surface area contributed by atoms with E-state index in [0.29, 0.717) is 11.6 Å². The minimum Gasteiger partial charge on any atom is -0.616 e. The van der Waals surface area contributed by atoms with Gasteiger partial charge in [-0.1, -0.05) is 12.0 Å². The summed E-state index contributed by atoms with van der Waals surface area (Å²) in [5.41, 5.74) is 1.57. The van der Waals surface area contributed by atoms with Crippen molar-refractivity contribution >= 4 is 48.5 Å². The minimum absolute atomic E-state index is 0.338. The first-order valence-electron chi connectivity index (χ1n) is 8.90. The highest BCUT2D eigenvalue weighted by Crippen LogP contribution is 2.39. The number of hydrogen-bond donors (Lipinski definition) is 2.